The van der Waals surface area contributed by atoms with Gasteiger partial charge in [0.15, 0.2) is 17.5 Å². The van der Waals surface area contributed by atoms with E-state index >= 15 is 0 Å². The van der Waals surface area contributed by atoms with Crippen LogP contribution < -0.4 is 0 Å². The fourth-order valence-electron chi connectivity index (χ4n) is 8.15. The zero-order chi connectivity index (χ0) is 38.7. The molecule has 0 atom stereocenters. The molecule has 7 aromatic carbocycles. The zero-order valence-electron chi connectivity index (χ0n) is 32.0. The number of aromatic nitrogens is 4. The van der Waals surface area contributed by atoms with E-state index in [1.807, 2.05) is 85.1 Å². The molecule has 11 rings (SSSR count). The molecule has 4 heterocycles. The van der Waals surface area contributed by atoms with Crippen LogP contribution >= 0.6 is 0 Å². The molecule has 0 spiro atoms. The molecule has 6 nitrogen and oxygen atoms in total. The Hall–Kier alpha value is -7.05. The van der Waals surface area contributed by atoms with Gasteiger partial charge in [-0.3, -0.25) is 0 Å². The number of fused-ring (bicyclic) bond motifs is 6. The standard InChI is InChI=1S/C52H33N4O2.Ir/c1-31-27-32(2)29-36(28-31)38-12-4-3-11-37(38)33-21-23-34(24-22-33)45-26-25-35(30-53-45)50-54-51(43-17-9-15-41-39-13-5-7-19-46(39)57-48(41)43)56-52(55-50)44-18-10-16-42-40-14-6-8-20-47(40)58-49(42)44;/h3-23,25-30H,1-2H3;/q-1;. The molecule has 0 amide bonds. The van der Waals surface area contributed by atoms with Crippen molar-refractivity contribution in [2.45, 2.75) is 13.8 Å². The first-order valence-corrected chi connectivity index (χ1v) is 19.3. The summed E-state index contributed by atoms with van der Waals surface area (Å²) in [6, 6.07) is 57.3. The number of hydrogen-bond donors (Lipinski definition) is 0. The molecule has 59 heavy (non-hydrogen) atoms. The molecule has 0 aliphatic heterocycles. The van der Waals surface area contributed by atoms with E-state index < -0.39 is 0 Å². The van der Waals surface area contributed by atoms with Crippen LogP contribution in [0.25, 0.3) is 112 Å². The van der Waals surface area contributed by atoms with E-state index in [9.17, 15) is 0 Å². The van der Waals surface area contributed by atoms with Crippen molar-refractivity contribution in [1.82, 2.24) is 19.9 Å². The zero-order valence-corrected chi connectivity index (χ0v) is 34.4. The van der Waals surface area contributed by atoms with Gasteiger partial charge in [0.05, 0.1) is 11.1 Å². The van der Waals surface area contributed by atoms with E-state index in [4.69, 9.17) is 28.8 Å². The van der Waals surface area contributed by atoms with E-state index in [1.54, 1.807) is 0 Å². The maximum absolute atomic E-state index is 6.44. The van der Waals surface area contributed by atoms with Crippen molar-refractivity contribution < 1.29 is 28.9 Å². The van der Waals surface area contributed by atoms with E-state index in [0.717, 1.165) is 83.0 Å². The minimum Gasteiger partial charge on any atom is -0.455 e. The Kier molecular flexibility index (Phi) is 9.05. The molecule has 0 aliphatic rings. The fraction of sp³-hybridized carbons (Fsp3) is 0.0385. The quantitative estimate of drug-likeness (QED) is 0.155. The van der Waals surface area contributed by atoms with Gasteiger partial charge in [0.25, 0.3) is 0 Å². The summed E-state index contributed by atoms with van der Waals surface area (Å²) in [5, 5.41) is 4.07. The molecule has 283 valence electrons. The second-order valence-electron chi connectivity index (χ2n) is 14.7. The average Bonchev–Trinajstić information content (AvgIpc) is 3.85. The second kappa shape index (κ2) is 14.7. The van der Waals surface area contributed by atoms with Gasteiger partial charge in [0, 0.05) is 53.4 Å². The number of hydrogen-bond acceptors (Lipinski definition) is 6. The largest absolute Gasteiger partial charge is 0.455 e. The summed E-state index contributed by atoms with van der Waals surface area (Å²) in [7, 11) is 0. The molecule has 0 fully saturated rings. The number of pyridine rings is 1. The summed E-state index contributed by atoms with van der Waals surface area (Å²) in [5.74, 6) is 1.47. The van der Waals surface area contributed by atoms with Gasteiger partial charge < -0.3 is 13.8 Å². The summed E-state index contributed by atoms with van der Waals surface area (Å²) in [4.78, 5) is 20.2. The van der Waals surface area contributed by atoms with Crippen LogP contribution in [0.2, 0.25) is 0 Å². The van der Waals surface area contributed by atoms with Crippen molar-refractivity contribution in [3.63, 3.8) is 0 Å². The number of aryl methyl sites for hydroxylation is 2. The number of nitrogens with zero attached hydrogens (tertiary/aromatic N) is 4. The smallest absolute Gasteiger partial charge is 0.167 e. The first-order chi connectivity index (χ1) is 28.5. The summed E-state index contributed by atoms with van der Waals surface area (Å²) in [6.07, 6.45) is 1.82. The van der Waals surface area contributed by atoms with Crippen LogP contribution in [0.1, 0.15) is 11.1 Å². The molecule has 1 radical (unpaired) electrons. The summed E-state index contributed by atoms with van der Waals surface area (Å²) >= 11 is 0. The van der Waals surface area contributed by atoms with Crippen molar-refractivity contribution >= 4 is 43.9 Å². The maximum atomic E-state index is 6.44. The van der Waals surface area contributed by atoms with Crippen molar-refractivity contribution in [2.75, 3.05) is 0 Å². The Morgan fingerprint density at radius 3 is 1.51 bits per heavy atom. The van der Waals surface area contributed by atoms with Gasteiger partial charge >= 0.3 is 0 Å². The molecule has 0 unspecified atom stereocenters. The minimum absolute atomic E-state index is 0. The molecular formula is C52H33IrN4O2-. The van der Waals surface area contributed by atoms with Crippen LogP contribution in [0.4, 0.5) is 0 Å². The molecule has 0 bridgehead atoms. The third-order valence-electron chi connectivity index (χ3n) is 10.8. The Morgan fingerprint density at radius 2 is 0.949 bits per heavy atom. The average molecular weight is 938 g/mol. The number of furan rings is 2. The van der Waals surface area contributed by atoms with E-state index in [2.05, 4.69) is 98.8 Å². The van der Waals surface area contributed by atoms with Crippen LogP contribution in [0, 0.1) is 19.9 Å². The van der Waals surface area contributed by atoms with Gasteiger partial charge in [-0.1, -0.05) is 138 Å². The molecular weight excluding hydrogens is 905 g/mol. The van der Waals surface area contributed by atoms with Crippen molar-refractivity contribution in [2.24, 2.45) is 0 Å². The first-order valence-electron chi connectivity index (χ1n) is 19.3. The van der Waals surface area contributed by atoms with Gasteiger partial charge in [-0.15, -0.1) is 29.8 Å². The Bertz CT molecular complexity index is 3220. The maximum Gasteiger partial charge on any atom is 0.167 e. The Labute approximate surface area is 353 Å². The minimum atomic E-state index is 0. The molecule has 0 aliphatic carbocycles. The summed E-state index contributed by atoms with van der Waals surface area (Å²) < 4.78 is 12.9. The molecule has 0 N–H and O–H groups in total. The summed E-state index contributed by atoms with van der Waals surface area (Å²) in [6.45, 7) is 4.29. The molecule has 0 saturated carbocycles. The van der Waals surface area contributed by atoms with E-state index in [-0.39, 0.29) is 20.1 Å². The van der Waals surface area contributed by atoms with Gasteiger partial charge in [0.1, 0.15) is 22.3 Å². The molecule has 4 aromatic heterocycles. The van der Waals surface area contributed by atoms with Crippen LogP contribution in [0.5, 0.6) is 0 Å². The third-order valence-corrected chi connectivity index (χ3v) is 10.8. The first kappa shape index (κ1) is 36.3. The number of para-hydroxylation sites is 4. The molecule has 7 heteroatoms. The van der Waals surface area contributed by atoms with Gasteiger partial charge in [0.2, 0.25) is 0 Å². The van der Waals surface area contributed by atoms with Gasteiger partial charge in [-0.2, -0.15) is 0 Å². The van der Waals surface area contributed by atoms with Crippen LogP contribution in [0.3, 0.4) is 0 Å². The second-order valence-corrected chi connectivity index (χ2v) is 14.7. The Balaban J connectivity index is 0.00000420. The van der Waals surface area contributed by atoms with Crippen LogP contribution in [-0.2, 0) is 20.1 Å². The molecule has 11 aromatic rings. The predicted octanol–water partition coefficient (Wildman–Crippen LogP) is 13.5. The molecule has 0 saturated heterocycles. The number of rotatable bonds is 6. The Morgan fingerprint density at radius 1 is 0.441 bits per heavy atom. The SMILES string of the molecule is Cc1cc(C)cc(-c2ccccc2-c2c[c-]c(-c3ccc(-c4nc(-c5cccc6c5oc5ccccc56)nc(-c5cccc6c5oc5ccccc56)n4)cn3)cc2)c1.[Ir]. The summed E-state index contributed by atoms with van der Waals surface area (Å²) in [5.41, 5.74) is 14.2. The van der Waals surface area contributed by atoms with E-state index in [0.29, 0.717) is 17.5 Å². The topological polar surface area (TPSA) is 77.8 Å². The monoisotopic (exact) mass is 938 g/mol. The van der Waals surface area contributed by atoms with Crippen LogP contribution in [-0.4, -0.2) is 19.9 Å². The van der Waals surface area contributed by atoms with Gasteiger partial charge in [-0.05, 0) is 54.9 Å². The fourth-order valence-corrected chi connectivity index (χ4v) is 8.15. The normalized spacial score (nSPS) is 11.4. The predicted molar refractivity (Wildman–Crippen MR) is 233 cm³/mol. The van der Waals surface area contributed by atoms with Gasteiger partial charge in [-0.25, -0.2) is 15.0 Å². The van der Waals surface area contributed by atoms with Crippen LogP contribution in [0.15, 0.2) is 173 Å². The third kappa shape index (κ3) is 6.41. The number of benzene rings is 7. The van der Waals surface area contributed by atoms with E-state index in [1.165, 1.54) is 22.3 Å². The van der Waals surface area contributed by atoms with Crippen molar-refractivity contribution in [3.05, 3.63) is 181 Å². The van der Waals surface area contributed by atoms with Crippen molar-refractivity contribution in [1.29, 1.82) is 0 Å². The van der Waals surface area contributed by atoms with Crippen molar-refractivity contribution in [3.8, 4) is 67.7 Å².